The summed E-state index contributed by atoms with van der Waals surface area (Å²) in [7, 11) is 1.70. The van der Waals surface area contributed by atoms with Crippen LogP contribution in [-0.2, 0) is 0 Å². The van der Waals surface area contributed by atoms with Gasteiger partial charge in [0.1, 0.15) is 5.75 Å². The highest BCUT2D eigenvalue weighted by molar-refractivity contribution is 9.10. The molecule has 0 amide bonds. The van der Waals surface area contributed by atoms with Gasteiger partial charge in [-0.25, -0.2) is 0 Å². The minimum Gasteiger partial charge on any atom is -0.496 e. The molecule has 0 saturated carbocycles. The number of hydrogen-bond donors (Lipinski definition) is 1. The van der Waals surface area contributed by atoms with Gasteiger partial charge in [-0.15, -0.1) is 0 Å². The Labute approximate surface area is 112 Å². The highest BCUT2D eigenvalue weighted by Gasteiger charge is 2.01. The Hall–Kier alpha value is -0.800. The topological polar surface area (TPSA) is 21.3 Å². The smallest absolute Gasteiger partial charge is 0.126 e. The molecule has 3 heteroatoms. The number of hydrogen-bond acceptors (Lipinski definition) is 2. The van der Waals surface area contributed by atoms with Crippen molar-refractivity contribution in [1.82, 2.24) is 5.32 Å². The lowest BCUT2D eigenvalue weighted by Crippen LogP contribution is -2.16. The van der Waals surface area contributed by atoms with Crippen molar-refractivity contribution in [1.29, 1.82) is 0 Å². The third-order valence-electron chi connectivity index (χ3n) is 2.42. The van der Waals surface area contributed by atoms with Gasteiger partial charge in [-0.3, -0.25) is 0 Å². The lowest BCUT2D eigenvalue weighted by atomic mass is 10.1. The molecule has 1 aromatic carbocycles. The van der Waals surface area contributed by atoms with Gasteiger partial charge in [0, 0.05) is 16.6 Å². The summed E-state index contributed by atoms with van der Waals surface area (Å²) in [6.45, 7) is 6.27. The third-order valence-corrected chi connectivity index (χ3v) is 2.92. The molecule has 1 rings (SSSR count). The Morgan fingerprint density at radius 2 is 2.24 bits per heavy atom. The van der Waals surface area contributed by atoms with Crippen molar-refractivity contribution in [3.05, 3.63) is 33.8 Å². The minimum absolute atomic E-state index is 0.906. The normalized spacial score (nSPS) is 11.6. The molecule has 0 aliphatic heterocycles. The summed E-state index contributed by atoms with van der Waals surface area (Å²) in [5, 5.41) is 3.39. The Morgan fingerprint density at radius 3 is 2.88 bits per heavy atom. The van der Waals surface area contributed by atoms with E-state index >= 15 is 0 Å². The lowest BCUT2D eigenvalue weighted by molar-refractivity contribution is 0.413. The molecule has 0 saturated heterocycles. The van der Waals surface area contributed by atoms with Gasteiger partial charge >= 0.3 is 0 Å². The zero-order valence-corrected chi connectivity index (χ0v) is 12.3. The van der Waals surface area contributed by atoms with Crippen molar-refractivity contribution in [2.24, 2.45) is 0 Å². The van der Waals surface area contributed by atoms with Crippen molar-refractivity contribution in [3.63, 3.8) is 0 Å². The van der Waals surface area contributed by atoms with E-state index in [-0.39, 0.29) is 0 Å². The molecule has 0 unspecified atom stereocenters. The number of halogens is 1. The summed E-state index contributed by atoms with van der Waals surface area (Å²) in [5.41, 5.74) is 2.41. The fraction of sp³-hybridized carbons (Fsp3) is 0.429. The first-order valence-electron chi connectivity index (χ1n) is 5.88. The highest BCUT2D eigenvalue weighted by Crippen LogP contribution is 2.24. The maximum absolute atomic E-state index is 5.34. The van der Waals surface area contributed by atoms with Crippen LogP contribution >= 0.6 is 15.9 Å². The summed E-state index contributed by atoms with van der Waals surface area (Å²) in [5.74, 6) is 0.906. The van der Waals surface area contributed by atoms with E-state index in [4.69, 9.17) is 4.74 Å². The van der Waals surface area contributed by atoms with Crippen LogP contribution in [-0.4, -0.2) is 20.2 Å². The van der Waals surface area contributed by atoms with Crippen molar-refractivity contribution in [2.45, 2.75) is 20.3 Å². The van der Waals surface area contributed by atoms with Gasteiger partial charge in [0.15, 0.2) is 0 Å². The van der Waals surface area contributed by atoms with Gasteiger partial charge in [-0.1, -0.05) is 34.5 Å². The Balaban J connectivity index is 2.77. The molecule has 0 atom stereocenters. The molecular formula is C14H20BrNO. The number of benzene rings is 1. The third kappa shape index (κ3) is 4.92. The van der Waals surface area contributed by atoms with E-state index in [1.807, 2.05) is 12.1 Å². The standard InChI is InChI=1S/C14H20BrNO/c1-4-7-16-10-11(2)8-12-9-13(15)5-6-14(12)17-3/h5-6,8-9,16H,4,7,10H2,1-3H3. The first-order chi connectivity index (χ1) is 8.17. The SMILES string of the molecule is CCCNCC(C)=Cc1cc(Br)ccc1OC. The predicted octanol–water partition coefficient (Wildman–Crippen LogP) is 3.86. The second-order valence-electron chi connectivity index (χ2n) is 4.05. The fourth-order valence-corrected chi connectivity index (χ4v) is 1.98. The van der Waals surface area contributed by atoms with Crippen LogP contribution in [0.4, 0.5) is 0 Å². The van der Waals surface area contributed by atoms with E-state index in [9.17, 15) is 0 Å². The van der Waals surface area contributed by atoms with E-state index in [0.717, 1.165) is 35.3 Å². The van der Waals surface area contributed by atoms with Crippen molar-refractivity contribution < 1.29 is 4.74 Å². The Kier molecular flexibility index (Phi) is 6.30. The van der Waals surface area contributed by atoms with Gasteiger partial charge in [0.25, 0.3) is 0 Å². The fourth-order valence-electron chi connectivity index (χ4n) is 1.60. The molecule has 2 nitrogen and oxygen atoms in total. The molecule has 1 N–H and O–H groups in total. The molecule has 0 bridgehead atoms. The zero-order chi connectivity index (χ0) is 12.7. The number of nitrogens with one attached hydrogen (secondary N) is 1. The molecule has 17 heavy (non-hydrogen) atoms. The van der Waals surface area contributed by atoms with Crippen molar-refractivity contribution >= 4 is 22.0 Å². The van der Waals surface area contributed by atoms with Crippen LogP contribution in [0.25, 0.3) is 6.08 Å². The maximum Gasteiger partial charge on any atom is 0.126 e. The number of methoxy groups -OCH3 is 1. The summed E-state index contributed by atoms with van der Waals surface area (Å²) >= 11 is 3.48. The van der Waals surface area contributed by atoms with Gasteiger partial charge in [-0.05, 0) is 38.1 Å². The molecule has 0 aliphatic rings. The van der Waals surface area contributed by atoms with Gasteiger partial charge < -0.3 is 10.1 Å². The maximum atomic E-state index is 5.34. The van der Waals surface area contributed by atoms with Crippen LogP contribution in [0.5, 0.6) is 5.75 Å². The summed E-state index contributed by atoms with van der Waals surface area (Å²) in [6, 6.07) is 6.03. The lowest BCUT2D eigenvalue weighted by Gasteiger charge is -2.08. The van der Waals surface area contributed by atoms with E-state index in [0.29, 0.717) is 0 Å². The first-order valence-corrected chi connectivity index (χ1v) is 6.68. The highest BCUT2D eigenvalue weighted by atomic mass is 79.9. The van der Waals surface area contributed by atoms with E-state index in [1.54, 1.807) is 7.11 Å². The molecule has 94 valence electrons. The molecular weight excluding hydrogens is 278 g/mol. The average molecular weight is 298 g/mol. The second-order valence-corrected chi connectivity index (χ2v) is 4.97. The molecule has 0 heterocycles. The monoisotopic (exact) mass is 297 g/mol. The van der Waals surface area contributed by atoms with Crippen LogP contribution in [0.1, 0.15) is 25.8 Å². The predicted molar refractivity (Wildman–Crippen MR) is 77.5 cm³/mol. The van der Waals surface area contributed by atoms with Crippen LogP contribution in [0, 0.1) is 0 Å². The van der Waals surface area contributed by atoms with E-state index in [1.165, 1.54) is 5.57 Å². The first kappa shape index (κ1) is 14.3. The Morgan fingerprint density at radius 1 is 1.47 bits per heavy atom. The van der Waals surface area contributed by atoms with E-state index < -0.39 is 0 Å². The summed E-state index contributed by atoms with van der Waals surface area (Å²) in [6.07, 6.45) is 3.32. The number of ether oxygens (including phenoxy) is 1. The van der Waals surface area contributed by atoms with Crippen molar-refractivity contribution in [3.8, 4) is 5.75 Å². The second kappa shape index (κ2) is 7.51. The molecule has 0 aromatic heterocycles. The number of rotatable bonds is 6. The summed E-state index contributed by atoms with van der Waals surface area (Å²) < 4.78 is 6.41. The Bertz CT molecular complexity index is 388. The van der Waals surface area contributed by atoms with Crippen molar-refractivity contribution in [2.75, 3.05) is 20.2 Å². The van der Waals surface area contributed by atoms with E-state index in [2.05, 4.69) is 47.2 Å². The van der Waals surface area contributed by atoms with Gasteiger partial charge in [0.2, 0.25) is 0 Å². The van der Waals surface area contributed by atoms with Gasteiger partial charge in [-0.2, -0.15) is 0 Å². The largest absolute Gasteiger partial charge is 0.496 e. The summed E-state index contributed by atoms with van der Waals surface area (Å²) in [4.78, 5) is 0. The van der Waals surface area contributed by atoms with Crippen LogP contribution < -0.4 is 10.1 Å². The minimum atomic E-state index is 0.906. The average Bonchev–Trinajstić information content (AvgIpc) is 2.29. The van der Waals surface area contributed by atoms with Crippen LogP contribution in [0.3, 0.4) is 0 Å². The van der Waals surface area contributed by atoms with Gasteiger partial charge in [0.05, 0.1) is 7.11 Å². The molecule has 0 spiro atoms. The quantitative estimate of drug-likeness (QED) is 0.805. The zero-order valence-electron chi connectivity index (χ0n) is 10.7. The van der Waals surface area contributed by atoms with Crippen LogP contribution in [0.2, 0.25) is 0 Å². The van der Waals surface area contributed by atoms with Crippen LogP contribution in [0.15, 0.2) is 28.2 Å². The molecule has 1 aromatic rings. The molecule has 0 radical (unpaired) electrons. The molecule has 0 fully saturated rings. The molecule has 0 aliphatic carbocycles.